The molecule has 2 aliphatic carbocycles. The molecule has 2 heteroatoms. The Morgan fingerprint density at radius 1 is 1.50 bits per heavy atom. The molecule has 0 aromatic rings. The van der Waals surface area contributed by atoms with Gasteiger partial charge in [-0.05, 0) is 30.8 Å². The molecule has 1 N–H and O–H groups in total. The zero-order valence-corrected chi connectivity index (χ0v) is 7.25. The van der Waals surface area contributed by atoms with Crippen LogP contribution < -0.4 is 5.32 Å². The average molecular weight is 165 g/mol. The van der Waals surface area contributed by atoms with Crippen molar-refractivity contribution in [1.29, 1.82) is 0 Å². The van der Waals surface area contributed by atoms with Gasteiger partial charge in [-0.15, -0.1) is 0 Å². The summed E-state index contributed by atoms with van der Waals surface area (Å²) in [5.41, 5.74) is 0. The lowest BCUT2D eigenvalue weighted by atomic mass is 9.95. The van der Waals surface area contributed by atoms with Crippen molar-refractivity contribution in [3.63, 3.8) is 0 Å². The monoisotopic (exact) mass is 165 g/mol. The largest absolute Gasteiger partial charge is 0.350 e. The van der Waals surface area contributed by atoms with Crippen LogP contribution in [0, 0.1) is 11.8 Å². The van der Waals surface area contributed by atoms with Gasteiger partial charge >= 0.3 is 0 Å². The van der Waals surface area contributed by atoms with Crippen LogP contribution in [0.4, 0.5) is 0 Å². The van der Waals surface area contributed by atoms with Gasteiger partial charge in [-0.2, -0.15) is 0 Å². The molecule has 0 aliphatic heterocycles. The predicted molar refractivity (Wildman–Crippen MR) is 47.6 cm³/mol. The number of carbonyl (C=O) groups is 1. The third-order valence-corrected chi connectivity index (χ3v) is 3.10. The number of carbonyl (C=O) groups excluding carboxylic acids is 1. The standard InChI is InChI=1S/C10H15NO/c1-2-10(12)11-9-5-3-4-7-6-8(7)9/h2,7-9H,1,3-6H2,(H,11,12). The lowest BCUT2D eigenvalue weighted by Gasteiger charge is -2.21. The van der Waals surface area contributed by atoms with Crippen LogP contribution in [0.25, 0.3) is 0 Å². The van der Waals surface area contributed by atoms with Crippen molar-refractivity contribution in [1.82, 2.24) is 5.32 Å². The molecule has 3 atom stereocenters. The summed E-state index contributed by atoms with van der Waals surface area (Å²) in [5.74, 6) is 1.71. The molecule has 0 aromatic heterocycles. The van der Waals surface area contributed by atoms with E-state index in [1.54, 1.807) is 0 Å². The molecule has 2 saturated carbocycles. The molecule has 0 heterocycles. The van der Waals surface area contributed by atoms with Crippen molar-refractivity contribution in [3.05, 3.63) is 12.7 Å². The van der Waals surface area contributed by atoms with Gasteiger partial charge < -0.3 is 5.32 Å². The molecule has 66 valence electrons. The van der Waals surface area contributed by atoms with E-state index in [1.165, 1.54) is 31.8 Å². The van der Waals surface area contributed by atoms with E-state index in [-0.39, 0.29) is 5.91 Å². The van der Waals surface area contributed by atoms with E-state index in [0.717, 1.165) is 11.8 Å². The summed E-state index contributed by atoms with van der Waals surface area (Å²) < 4.78 is 0. The van der Waals surface area contributed by atoms with Gasteiger partial charge in [-0.1, -0.05) is 19.4 Å². The molecule has 2 fully saturated rings. The maximum atomic E-state index is 11.0. The van der Waals surface area contributed by atoms with Crippen LogP contribution in [0.3, 0.4) is 0 Å². The van der Waals surface area contributed by atoms with Crippen molar-refractivity contribution < 1.29 is 4.79 Å². The number of hydrogen-bond acceptors (Lipinski definition) is 1. The highest BCUT2D eigenvalue weighted by Crippen LogP contribution is 2.49. The van der Waals surface area contributed by atoms with Crippen LogP contribution in [-0.4, -0.2) is 11.9 Å². The van der Waals surface area contributed by atoms with Gasteiger partial charge in [0.1, 0.15) is 0 Å². The molecule has 0 radical (unpaired) electrons. The third kappa shape index (κ3) is 1.38. The Balaban J connectivity index is 1.87. The van der Waals surface area contributed by atoms with E-state index in [4.69, 9.17) is 0 Å². The smallest absolute Gasteiger partial charge is 0.243 e. The fourth-order valence-electron chi connectivity index (χ4n) is 2.33. The first-order valence-electron chi connectivity index (χ1n) is 4.74. The van der Waals surface area contributed by atoms with Gasteiger partial charge in [0.05, 0.1) is 0 Å². The third-order valence-electron chi connectivity index (χ3n) is 3.10. The molecule has 3 unspecified atom stereocenters. The minimum Gasteiger partial charge on any atom is -0.350 e. The Morgan fingerprint density at radius 3 is 3.08 bits per heavy atom. The first kappa shape index (κ1) is 7.84. The number of nitrogens with one attached hydrogen (secondary N) is 1. The maximum Gasteiger partial charge on any atom is 0.243 e. The Kier molecular flexibility index (Phi) is 1.91. The molecular formula is C10H15NO. The number of hydrogen-bond donors (Lipinski definition) is 1. The zero-order chi connectivity index (χ0) is 8.55. The highest BCUT2D eigenvalue weighted by atomic mass is 16.1. The van der Waals surface area contributed by atoms with Gasteiger partial charge in [0.15, 0.2) is 0 Å². The fourth-order valence-corrected chi connectivity index (χ4v) is 2.33. The second-order valence-electron chi connectivity index (χ2n) is 3.91. The average Bonchev–Trinajstić information content (AvgIpc) is 2.84. The summed E-state index contributed by atoms with van der Waals surface area (Å²) in [7, 11) is 0. The normalized spacial score (nSPS) is 38.2. The van der Waals surface area contributed by atoms with Crippen molar-refractivity contribution in [2.45, 2.75) is 31.7 Å². The topological polar surface area (TPSA) is 29.1 Å². The van der Waals surface area contributed by atoms with E-state index in [1.807, 2.05) is 0 Å². The van der Waals surface area contributed by atoms with E-state index in [0.29, 0.717) is 6.04 Å². The van der Waals surface area contributed by atoms with Crippen molar-refractivity contribution >= 4 is 5.91 Å². The number of fused-ring (bicyclic) bond motifs is 1. The summed E-state index contributed by atoms with van der Waals surface area (Å²) >= 11 is 0. The fraction of sp³-hybridized carbons (Fsp3) is 0.700. The maximum absolute atomic E-state index is 11.0. The zero-order valence-electron chi connectivity index (χ0n) is 7.25. The second-order valence-corrected chi connectivity index (χ2v) is 3.91. The SMILES string of the molecule is C=CC(=O)NC1CCCC2CC21. The summed E-state index contributed by atoms with van der Waals surface area (Å²) in [6.45, 7) is 3.45. The summed E-state index contributed by atoms with van der Waals surface area (Å²) in [4.78, 5) is 11.0. The lowest BCUT2D eigenvalue weighted by Crippen LogP contribution is -2.37. The second kappa shape index (κ2) is 2.92. The number of rotatable bonds is 2. The highest BCUT2D eigenvalue weighted by molar-refractivity contribution is 5.87. The van der Waals surface area contributed by atoms with Crippen LogP contribution in [-0.2, 0) is 4.79 Å². The summed E-state index contributed by atoms with van der Waals surface area (Å²) in [5, 5.41) is 3.00. The van der Waals surface area contributed by atoms with Crippen LogP contribution >= 0.6 is 0 Å². The molecule has 12 heavy (non-hydrogen) atoms. The van der Waals surface area contributed by atoms with E-state index < -0.39 is 0 Å². The Morgan fingerprint density at radius 2 is 2.33 bits per heavy atom. The highest BCUT2D eigenvalue weighted by Gasteiger charge is 2.45. The van der Waals surface area contributed by atoms with Crippen LogP contribution in [0.15, 0.2) is 12.7 Å². The lowest BCUT2D eigenvalue weighted by molar-refractivity contribution is -0.117. The van der Waals surface area contributed by atoms with Crippen molar-refractivity contribution in [3.8, 4) is 0 Å². The molecular weight excluding hydrogens is 150 g/mol. The number of amides is 1. The molecule has 0 spiro atoms. The van der Waals surface area contributed by atoms with E-state index >= 15 is 0 Å². The van der Waals surface area contributed by atoms with Crippen molar-refractivity contribution in [2.75, 3.05) is 0 Å². The Labute approximate surface area is 73.0 Å². The molecule has 1 amide bonds. The predicted octanol–water partition coefficient (Wildman–Crippen LogP) is 1.48. The first-order valence-corrected chi connectivity index (χ1v) is 4.74. The van der Waals surface area contributed by atoms with Gasteiger partial charge in [0, 0.05) is 6.04 Å². The molecule has 2 nitrogen and oxygen atoms in total. The molecule has 0 saturated heterocycles. The van der Waals surface area contributed by atoms with Gasteiger partial charge in [-0.3, -0.25) is 4.79 Å². The van der Waals surface area contributed by atoms with E-state index in [2.05, 4.69) is 11.9 Å². The van der Waals surface area contributed by atoms with Crippen molar-refractivity contribution in [2.24, 2.45) is 11.8 Å². The van der Waals surface area contributed by atoms with Crippen LogP contribution in [0.2, 0.25) is 0 Å². The minimum atomic E-state index is -0.00690. The van der Waals surface area contributed by atoms with Gasteiger partial charge in [-0.25, -0.2) is 0 Å². The molecule has 2 aliphatic rings. The first-order chi connectivity index (χ1) is 5.81. The quantitative estimate of drug-likeness (QED) is 0.617. The Bertz CT molecular complexity index is 212. The Hall–Kier alpha value is -0.790. The van der Waals surface area contributed by atoms with Crippen LogP contribution in [0.5, 0.6) is 0 Å². The van der Waals surface area contributed by atoms with Gasteiger partial charge in [0.2, 0.25) is 5.91 Å². The molecule has 0 bridgehead atoms. The molecule has 0 aromatic carbocycles. The summed E-state index contributed by atoms with van der Waals surface area (Å²) in [6, 6.07) is 0.453. The van der Waals surface area contributed by atoms with Crippen LogP contribution in [0.1, 0.15) is 25.7 Å². The molecule has 2 rings (SSSR count). The van der Waals surface area contributed by atoms with E-state index in [9.17, 15) is 4.79 Å². The minimum absolute atomic E-state index is 0.00690. The summed E-state index contributed by atoms with van der Waals surface area (Å²) in [6.07, 6.45) is 6.53. The van der Waals surface area contributed by atoms with Gasteiger partial charge in [0.25, 0.3) is 0 Å².